The van der Waals surface area contributed by atoms with Gasteiger partial charge in [0, 0.05) is 0 Å². The smallest absolute Gasteiger partial charge is 0.119 e. The van der Waals surface area contributed by atoms with Gasteiger partial charge in [-0.3, -0.25) is 0 Å². The summed E-state index contributed by atoms with van der Waals surface area (Å²) >= 11 is 0. The van der Waals surface area contributed by atoms with Gasteiger partial charge in [-0.1, -0.05) is 81.7 Å². The van der Waals surface area contributed by atoms with Gasteiger partial charge in [0.05, 0.1) is 0 Å². The van der Waals surface area contributed by atoms with Crippen LogP contribution in [0.25, 0.3) is 6.08 Å². The predicted octanol–water partition coefficient (Wildman–Crippen LogP) is 6.81. The minimum absolute atomic E-state index is 0.619. The predicted molar refractivity (Wildman–Crippen MR) is 104 cm³/mol. The molecule has 0 atom stereocenters. The van der Waals surface area contributed by atoms with Crippen molar-refractivity contribution in [3.05, 3.63) is 71.3 Å². The number of ether oxygens (including phenoxy) is 1. The summed E-state index contributed by atoms with van der Waals surface area (Å²) < 4.78 is 5.87. The maximum Gasteiger partial charge on any atom is 0.119 e. The second-order valence-electron chi connectivity index (χ2n) is 6.32. The molecule has 0 aliphatic carbocycles. The van der Waals surface area contributed by atoms with Gasteiger partial charge in [-0.25, -0.2) is 0 Å². The Morgan fingerprint density at radius 1 is 0.792 bits per heavy atom. The van der Waals surface area contributed by atoms with Crippen LogP contribution < -0.4 is 4.74 Å². The Morgan fingerprint density at radius 2 is 1.50 bits per heavy atom. The van der Waals surface area contributed by atoms with Crippen LogP contribution in [-0.2, 0) is 13.0 Å². The third kappa shape index (κ3) is 6.62. The van der Waals surface area contributed by atoms with Crippen molar-refractivity contribution in [1.82, 2.24) is 0 Å². The van der Waals surface area contributed by atoms with Gasteiger partial charge in [-0.05, 0) is 48.1 Å². The number of hydrogen-bond acceptors (Lipinski definition) is 1. The fraction of sp³-hybridized carbons (Fsp3) is 0.391. The quantitative estimate of drug-likeness (QED) is 0.436. The van der Waals surface area contributed by atoms with Gasteiger partial charge in [0.25, 0.3) is 0 Å². The molecule has 1 heteroatoms. The van der Waals surface area contributed by atoms with Gasteiger partial charge in [0.2, 0.25) is 0 Å². The Hall–Kier alpha value is -2.02. The summed E-state index contributed by atoms with van der Waals surface area (Å²) in [6.07, 6.45) is 11.9. The second-order valence-corrected chi connectivity index (χ2v) is 6.32. The monoisotopic (exact) mass is 322 g/mol. The van der Waals surface area contributed by atoms with Crippen molar-refractivity contribution in [1.29, 1.82) is 0 Å². The van der Waals surface area contributed by atoms with Crippen LogP contribution in [0.4, 0.5) is 0 Å². The molecule has 0 aliphatic heterocycles. The summed E-state index contributed by atoms with van der Waals surface area (Å²) in [6.45, 7) is 5.06. The summed E-state index contributed by atoms with van der Waals surface area (Å²) in [5.41, 5.74) is 3.84. The summed E-state index contributed by atoms with van der Waals surface area (Å²) in [5, 5.41) is 0. The Labute approximate surface area is 147 Å². The zero-order chi connectivity index (χ0) is 17.0. The highest BCUT2D eigenvalue weighted by Gasteiger charge is 1.97. The minimum Gasteiger partial charge on any atom is -0.489 e. The van der Waals surface area contributed by atoms with Gasteiger partial charge in [-0.2, -0.15) is 0 Å². The van der Waals surface area contributed by atoms with E-state index in [0.29, 0.717) is 6.61 Å². The molecular weight excluding hydrogens is 292 g/mol. The lowest BCUT2D eigenvalue weighted by atomic mass is 10.1. The highest BCUT2D eigenvalue weighted by atomic mass is 16.5. The molecule has 0 spiro atoms. The van der Waals surface area contributed by atoms with E-state index >= 15 is 0 Å². The zero-order valence-electron chi connectivity index (χ0n) is 15.1. The lowest BCUT2D eigenvalue weighted by Gasteiger charge is -2.07. The zero-order valence-corrected chi connectivity index (χ0v) is 15.1. The average molecular weight is 322 g/mol. The Morgan fingerprint density at radius 3 is 2.17 bits per heavy atom. The second kappa shape index (κ2) is 10.7. The molecule has 0 N–H and O–H groups in total. The molecule has 2 aromatic carbocycles. The number of unbranched alkanes of at least 4 members (excludes halogenated alkanes) is 3. The highest BCUT2D eigenvalue weighted by molar-refractivity contribution is 5.49. The number of allylic oxidation sites excluding steroid dienone is 1. The maximum atomic E-state index is 5.87. The molecule has 2 rings (SSSR count). The standard InChI is InChI=1S/C23H30O/c1-3-5-6-7-8-10-21-11-13-22(14-12-21)19-24-23-17-15-20(9-4-2)16-18-23/h8,10-18H,3-7,9,19H2,1-2H3/b10-8+. The van der Waals surface area contributed by atoms with E-state index in [-0.39, 0.29) is 0 Å². The normalized spacial score (nSPS) is 11.1. The van der Waals surface area contributed by atoms with E-state index in [0.717, 1.165) is 12.2 Å². The molecule has 0 bridgehead atoms. The highest BCUT2D eigenvalue weighted by Crippen LogP contribution is 2.16. The number of hydrogen-bond donors (Lipinski definition) is 0. The maximum absolute atomic E-state index is 5.87. The summed E-state index contributed by atoms with van der Waals surface area (Å²) in [4.78, 5) is 0. The number of rotatable bonds is 10. The fourth-order valence-electron chi connectivity index (χ4n) is 2.66. The van der Waals surface area contributed by atoms with Crippen molar-refractivity contribution in [2.75, 3.05) is 0 Å². The molecule has 0 heterocycles. The first kappa shape index (κ1) is 18.3. The van der Waals surface area contributed by atoms with E-state index < -0.39 is 0 Å². The summed E-state index contributed by atoms with van der Waals surface area (Å²) in [5.74, 6) is 0.940. The first-order valence-corrected chi connectivity index (χ1v) is 9.29. The van der Waals surface area contributed by atoms with Crippen molar-refractivity contribution in [3.8, 4) is 5.75 Å². The van der Waals surface area contributed by atoms with Crippen molar-refractivity contribution in [2.24, 2.45) is 0 Å². The summed E-state index contributed by atoms with van der Waals surface area (Å²) in [6, 6.07) is 17.1. The van der Waals surface area contributed by atoms with Crippen LogP contribution in [-0.4, -0.2) is 0 Å². The molecule has 0 saturated carbocycles. The Kier molecular flexibility index (Phi) is 8.17. The van der Waals surface area contributed by atoms with E-state index in [9.17, 15) is 0 Å². The van der Waals surface area contributed by atoms with Crippen LogP contribution in [0.5, 0.6) is 5.75 Å². The van der Waals surface area contributed by atoms with Gasteiger partial charge in [-0.15, -0.1) is 0 Å². The lowest BCUT2D eigenvalue weighted by molar-refractivity contribution is 0.306. The molecule has 0 aromatic heterocycles. The largest absolute Gasteiger partial charge is 0.489 e. The van der Waals surface area contributed by atoms with Gasteiger partial charge in [0.15, 0.2) is 0 Å². The first-order valence-electron chi connectivity index (χ1n) is 9.29. The van der Waals surface area contributed by atoms with Crippen molar-refractivity contribution < 1.29 is 4.74 Å². The van der Waals surface area contributed by atoms with Crippen molar-refractivity contribution >= 4 is 6.08 Å². The third-order valence-electron chi connectivity index (χ3n) is 4.13. The molecule has 0 radical (unpaired) electrons. The molecular formula is C23H30O. The molecule has 0 aliphatic rings. The lowest BCUT2D eigenvalue weighted by Crippen LogP contribution is -1.95. The van der Waals surface area contributed by atoms with Gasteiger partial charge in [0.1, 0.15) is 12.4 Å². The SMILES string of the molecule is CCCCC/C=C/c1ccc(COc2ccc(CCC)cc2)cc1. The minimum atomic E-state index is 0.619. The topological polar surface area (TPSA) is 9.23 Å². The number of aryl methyl sites for hydroxylation is 1. The van der Waals surface area contributed by atoms with Crippen molar-refractivity contribution in [2.45, 2.75) is 59.0 Å². The van der Waals surface area contributed by atoms with E-state index in [4.69, 9.17) is 4.74 Å². The fourth-order valence-corrected chi connectivity index (χ4v) is 2.66. The van der Waals surface area contributed by atoms with Crippen LogP contribution in [0.15, 0.2) is 54.6 Å². The third-order valence-corrected chi connectivity index (χ3v) is 4.13. The van der Waals surface area contributed by atoms with Crippen LogP contribution in [0.3, 0.4) is 0 Å². The van der Waals surface area contributed by atoms with Crippen LogP contribution >= 0.6 is 0 Å². The van der Waals surface area contributed by atoms with Gasteiger partial charge >= 0.3 is 0 Å². The molecule has 0 saturated heterocycles. The molecule has 0 fully saturated rings. The van der Waals surface area contributed by atoms with Gasteiger partial charge < -0.3 is 4.74 Å². The van der Waals surface area contributed by atoms with E-state index in [2.05, 4.69) is 74.5 Å². The summed E-state index contributed by atoms with van der Waals surface area (Å²) in [7, 11) is 0. The molecule has 0 unspecified atom stereocenters. The first-order chi connectivity index (χ1) is 11.8. The molecule has 2 aromatic rings. The molecule has 24 heavy (non-hydrogen) atoms. The van der Waals surface area contributed by atoms with Crippen LogP contribution in [0.1, 0.15) is 62.6 Å². The molecule has 0 amide bonds. The van der Waals surface area contributed by atoms with Crippen LogP contribution in [0, 0.1) is 0 Å². The molecule has 128 valence electrons. The average Bonchev–Trinajstić information content (AvgIpc) is 2.62. The Balaban J connectivity index is 1.78. The van der Waals surface area contributed by atoms with E-state index in [1.165, 1.54) is 48.8 Å². The molecule has 1 nitrogen and oxygen atoms in total. The van der Waals surface area contributed by atoms with E-state index in [1.54, 1.807) is 0 Å². The van der Waals surface area contributed by atoms with E-state index in [1.807, 2.05) is 0 Å². The van der Waals surface area contributed by atoms with Crippen LogP contribution in [0.2, 0.25) is 0 Å². The Bertz CT molecular complexity index is 593. The number of benzene rings is 2. The van der Waals surface area contributed by atoms with Crippen molar-refractivity contribution in [3.63, 3.8) is 0 Å².